The lowest BCUT2D eigenvalue weighted by atomic mass is 9.78. The summed E-state index contributed by atoms with van der Waals surface area (Å²) in [7, 11) is 0. The normalized spacial score (nSPS) is 37.8. The van der Waals surface area contributed by atoms with Gasteiger partial charge in [0.25, 0.3) is 0 Å². The van der Waals surface area contributed by atoms with Crippen LogP contribution in [0.25, 0.3) is 0 Å². The fourth-order valence-electron chi connectivity index (χ4n) is 3.92. The maximum Gasteiger partial charge on any atom is 0.157 e. The lowest BCUT2D eigenvalue weighted by molar-refractivity contribution is 0.219. The third kappa shape index (κ3) is 4.16. The zero-order chi connectivity index (χ0) is 14.7. The number of amidine groups is 1. The molecule has 0 aromatic carbocycles. The SMILES string of the molecule is CC1CCC2(CC1)CSC(=NC(C)CN1CCCCC1)N2. The molecule has 3 fully saturated rings. The first-order valence-electron chi connectivity index (χ1n) is 8.86. The van der Waals surface area contributed by atoms with Crippen LogP contribution in [-0.2, 0) is 0 Å². The summed E-state index contributed by atoms with van der Waals surface area (Å²) >= 11 is 1.96. The van der Waals surface area contributed by atoms with Crippen molar-refractivity contribution in [2.24, 2.45) is 10.9 Å². The summed E-state index contributed by atoms with van der Waals surface area (Å²) in [6.45, 7) is 8.35. The largest absolute Gasteiger partial charge is 0.359 e. The fourth-order valence-corrected chi connectivity index (χ4v) is 5.23. The maximum absolute atomic E-state index is 4.97. The lowest BCUT2D eigenvalue weighted by Gasteiger charge is -2.35. The Morgan fingerprint density at radius 2 is 2.00 bits per heavy atom. The van der Waals surface area contributed by atoms with Crippen molar-refractivity contribution in [2.75, 3.05) is 25.4 Å². The van der Waals surface area contributed by atoms with Gasteiger partial charge in [-0.1, -0.05) is 25.1 Å². The van der Waals surface area contributed by atoms with E-state index in [0.29, 0.717) is 11.6 Å². The van der Waals surface area contributed by atoms with Crippen LogP contribution in [-0.4, -0.2) is 47.0 Å². The van der Waals surface area contributed by atoms with Gasteiger partial charge in [0.05, 0.1) is 6.04 Å². The summed E-state index contributed by atoms with van der Waals surface area (Å²) in [5, 5.41) is 5.01. The molecule has 4 heteroatoms. The van der Waals surface area contributed by atoms with Crippen LogP contribution in [0.4, 0.5) is 0 Å². The molecule has 1 aliphatic carbocycles. The molecule has 3 rings (SSSR count). The zero-order valence-corrected chi connectivity index (χ0v) is 14.6. The number of thioether (sulfide) groups is 1. The summed E-state index contributed by atoms with van der Waals surface area (Å²) in [5.74, 6) is 2.15. The van der Waals surface area contributed by atoms with Crippen molar-refractivity contribution in [1.29, 1.82) is 0 Å². The highest BCUT2D eigenvalue weighted by Crippen LogP contribution is 2.38. The Morgan fingerprint density at radius 1 is 1.29 bits per heavy atom. The monoisotopic (exact) mass is 309 g/mol. The molecule has 2 aliphatic heterocycles. The first kappa shape index (κ1) is 15.7. The van der Waals surface area contributed by atoms with Crippen molar-refractivity contribution in [3.8, 4) is 0 Å². The van der Waals surface area contributed by atoms with Crippen molar-refractivity contribution in [2.45, 2.75) is 70.4 Å². The van der Waals surface area contributed by atoms with Gasteiger partial charge in [-0.15, -0.1) is 0 Å². The molecule has 0 bridgehead atoms. The molecule has 120 valence electrons. The second kappa shape index (κ2) is 6.91. The molecular weight excluding hydrogens is 278 g/mol. The van der Waals surface area contributed by atoms with Crippen molar-refractivity contribution in [3.05, 3.63) is 0 Å². The van der Waals surface area contributed by atoms with E-state index in [1.165, 1.54) is 69.0 Å². The number of hydrogen-bond acceptors (Lipinski definition) is 3. The van der Waals surface area contributed by atoms with Crippen molar-refractivity contribution in [1.82, 2.24) is 10.2 Å². The standard InChI is InChI=1S/C17H31N3S/c1-14-6-8-17(9-7-14)13-21-16(19-17)18-15(2)12-20-10-4-3-5-11-20/h14-15H,3-13H2,1-2H3,(H,18,19). The molecule has 0 aromatic rings. The quantitative estimate of drug-likeness (QED) is 0.864. The number of piperidine rings is 1. The van der Waals surface area contributed by atoms with Crippen molar-refractivity contribution < 1.29 is 0 Å². The van der Waals surface area contributed by atoms with Crippen LogP contribution >= 0.6 is 11.8 Å². The van der Waals surface area contributed by atoms with E-state index in [4.69, 9.17) is 4.99 Å². The van der Waals surface area contributed by atoms with Crippen LogP contribution in [0.5, 0.6) is 0 Å². The van der Waals surface area contributed by atoms with Crippen LogP contribution in [0.1, 0.15) is 58.8 Å². The highest BCUT2D eigenvalue weighted by Gasteiger charge is 2.39. The van der Waals surface area contributed by atoms with Gasteiger partial charge in [-0.25, -0.2) is 0 Å². The Kier molecular flexibility index (Phi) is 5.15. The number of nitrogens with one attached hydrogen (secondary N) is 1. The Bertz CT molecular complexity index is 368. The average molecular weight is 310 g/mol. The van der Waals surface area contributed by atoms with Gasteiger partial charge in [-0.05, 0) is 64.5 Å². The zero-order valence-electron chi connectivity index (χ0n) is 13.7. The Morgan fingerprint density at radius 3 is 2.71 bits per heavy atom. The molecule has 1 unspecified atom stereocenters. The third-order valence-corrected chi connectivity index (χ3v) is 6.58. The van der Waals surface area contributed by atoms with E-state index < -0.39 is 0 Å². The molecule has 2 heterocycles. The van der Waals surface area contributed by atoms with Crippen molar-refractivity contribution >= 4 is 16.9 Å². The fraction of sp³-hybridized carbons (Fsp3) is 0.941. The van der Waals surface area contributed by atoms with Gasteiger partial charge >= 0.3 is 0 Å². The third-order valence-electron chi connectivity index (χ3n) is 5.40. The number of hydrogen-bond donors (Lipinski definition) is 1. The molecule has 0 radical (unpaired) electrons. The van der Waals surface area contributed by atoms with Gasteiger partial charge in [0.2, 0.25) is 0 Å². The average Bonchev–Trinajstić information content (AvgIpc) is 2.86. The maximum atomic E-state index is 4.97. The van der Waals surface area contributed by atoms with E-state index in [1.807, 2.05) is 11.8 Å². The van der Waals surface area contributed by atoms with E-state index >= 15 is 0 Å². The Hall–Kier alpha value is -0.220. The molecule has 0 aromatic heterocycles. The van der Waals surface area contributed by atoms with Crippen LogP contribution in [0.2, 0.25) is 0 Å². The second-order valence-corrected chi connectivity index (χ2v) is 8.49. The van der Waals surface area contributed by atoms with Gasteiger partial charge in [0.15, 0.2) is 5.17 Å². The number of rotatable bonds is 3. The van der Waals surface area contributed by atoms with Gasteiger partial charge in [-0.2, -0.15) is 0 Å². The summed E-state index contributed by atoms with van der Waals surface area (Å²) in [6.07, 6.45) is 9.59. The topological polar surface area (TPSA) is 27.6 Å². The minimum Gasteiger partial charge on any atom is -0.359 e. The molecule has 1 spiro atoms. The Balaban J connectivity index is 1.50. The smallest absolute Gasteiger partial charge is 0.157 e. The molecule has 1 atom stereocenters. The minimum atomic E-state index is 0.376. The lowest BCUT2D eigenvalue weighted by Crippen LogP contribution is -2.46. The van der Waals surface area contributed by atoms with E-state index in [1.54, 1.807) is 0 Å². The van der Waals surface area contributed by atoms with E-state index in [2.05, 4.69) is 24.1 Å². The van der Waals surface area contributed by atoms with Crippen molar-refractivity contribution in [3.63, 3.8) is 0 Å². The summed E-state index contributed by atoms with van der Waals surface area (Å²) in [4.78, 5) is 7.56. The first-order valence-corrected chi connectivity index (χ1v) is 9.85. The first-order chi connectivity index (χ1) is 10.2. The molecule has 3 nitrogen and oxygen atoms in total. The highest BCUT2D eigenvalue weighted by molar-refractivity contribution is 8.14. The summed E-state index contributed by atoms with van der Waals surface area (Å²) < 4.78 is 0. The predicted molar refractivity (Wildman–Crippen MR) is 93.1 cm³/mol. The highest BCUT2D eigenvalue weighted by atomic mass is 32.2. The Labute approximate surface area is 134 Å². The molecule has 21 heavy (non-hydrogen) atoms. The summed E-state index contributed by atoms with van der Waals surface area (Å²) in [5.41, 5.74) is 0.376. The summed E-state index contributed by atoms with van der Waals surface area (Å²) in [6, 6.07) is 0.427. The van der Waals surface area contributed by atoms with E-state index in [0.717, 1.165) is 12.5 Å². The van der Waals surface area contributed by atoms with Gasteiger partial charge in [0.1, 0.15) is 0 Å². The van der Waals surface area contributed by atoms with Crippen LogP contribution in [0.3, 0.4) is 0 Å². The minimum absolute atomic E-state index is 0.376. The molecule has 3 aliphatic rings. The van der Waals surface area contributed by atoms with Gasteiger partial charge in [0, 0.05) is 17.8 Å². The molecule has 1 N–H and O–H groups in total. The number of likely N-dealkylation sites (tertiary alicyclic amines) is 1. The number of nitrogens with zero attached hydrogens (tertiary/aromatic N) is 2. The van der Waals surface area contributed by atoms with Crippen LogP contribution in [0.15, 0.2) is 4.99 Å². The molecular formula is C17H31N3S. The van der Waals surface area contributed by atoms with Crippen LogP contribution < -0.4 is 5.32 Å². The van der Waals surface area contributed by atoms with Crippen LogP contribution in [0, 0.1) is 5.92 Å². The number of aliphatic imine (C=N–C) groups is 1. The van der Waals surface area contributed by atoms with E-state index in [9.17, 15) is 0 Å². The van der Waals surface area contributed by atoms with E-state index in [-0.39, 0.29) is 0 Å². The molecule has 2 saturated heterocycles. The predicted octanol–water partition coefficient (Wildman–Crippen LogP) is 3.50. The molecule has 1 saturated carbocycles. The van der Waals surface area contributed by atoms with Gasteiger partial charge in [-0.3, -0.25) is 4.99 Å². The molecule has 0 amide bonds. The second-order valence-electron chi connectivity index (χ2n) is 7.52. The van der Waals surface area contributed by atoms with Gasteiger partial charge < -0.3 is 10.2 Å².